The molecular weight excluding hydrogens is 560 g/mol. The number of carbonyl (C=O) groups is 3. The van der Waals surface area contributed by atoms with E-state index in [-0.39, 0.29) is 35.7 Å². The van der Waals surface area contributed by atoms with Crippen molar-refractivity contribution in [2.75, 3.05) is 26.7 Å². The fraction of sp³-hybridized carbons (Fsp3) is 0.607. The lowest BCUT2D eigenvalue weighted by Crippen LogP contribution is -2.54. The Hall–Kier alpha value is -3.12. The van der Waals surface area contributed by atoms with Crippen LogP contribution in [0.3, 0.4) is 0 Å². The number of hydrogen-bond donors (Lipinski definition) is 3. The van der Waals surface area contributed by atoms with E-state index in [1.165, 1.54) is 7.05 Å². The summed E-state index contributed by atoms with van der Waals surface area (Å²) in [5, 5.41) is 11.2. The molecule has 2 aliphatic heterocycles. The Morgan fingerprint density at radius 1 is 1.27 bits per heavy atom. The maximum Gasteiger partial charge on any atom is 0.310 e. The minimum atomic E-state index is -2.93. The second kappa shape index (κ2) is 12.0. The highest BCUT2D eigenvalue weighted by Gasteiger charge is 2.51. The third-order valence-electron chi connectivity index (χ3n) is 8.80. The molecule has 0 aromatic heterocycles. The van der Waals surface area contributed by atoms with E-state index in [2.05, 4.69) is 0 Å². The summed E-state index contributed by atoms with van der Waals surface area (Å²) in [5.41, 5.74) is 4.98. The Bertz CT molecular complexity index is 1230. The van der Waals surface area contributed by atoms with Crippen LogP contribution in [-0.2, 0) is 20.8 Å². The number of halogens is 3. The molecule has 5 N–H and O–H groups in total. The SMILES string of the molecule is CC1CCN(C2c3c(OC/C(N)=C(\C(F)F)N(C)N)ccc(Cl)c3CCN2C(=O)C2CCCC[C@]2(C)C(=O)O)C1=O. The topological polar surface area (TPSA) is 142 Å². The highest BCUT2D eigenvalue weighted by atomic mass is 35.5. The van der Waals surface area contributed by atoms with Gasteiger partial charge in [0.05, 0.1) is 17.0 Å². The first kappa shape index (κ1) is 30.8. The number of allylic oxidation sites excluding steroid dienone is 1. The monoisotopic (exact) mass is 597 g/mol. The quantitative estimate of drug-likeness (QED) is 0.305. The number of carboxylic acids is 1. The maximum atomic E-state index is 14.3. The number of fused-ring (bicyclic) bond motifs is 1. The van der Waals surface area contributed by atoms with Crippen molar-refractivity contribution in [3.63, 3.8) is 0 Å². The Morgan fingerprint density at radius 2 is 1.98 bits per heavy atom. The summed E-state index contributed by atoms with van der Waals surface area (Å²) in [6.45, 7) is 3.59. The van der Waals surface area contributed by atoms with Crippen molar-refractivity contribution in [3.8, 4) is 5.75 Å². The largest absolute Gasteiger partial charge is 0.487 e. The van der Waals surface area contributed by atoms with Crippen LogP contribution in [0.1, 0.15) is 63.2 Å². The van der Waals surface area contributed by atoms with Crippen LogP contribution >= 0.6 is 11.6 Å². The van der Waals surface area contributed by atoms with E-state index in [0.717, 1.165) is 11.4 Å². The predicted octanol–water partition coefficient (Wildman–Crippen LogP) is 3.49. The van der Waals surface area contributed by atoms with Crippen LogP contribution in [0.5, 0.6) is 5.75 Å². The molecule has 1 saturated heterocycles. The molecule has 4 atom stereocenters. The van der Waals surface area contributed by atoms with Gasteiger partial charge in [0.15, 0.2) is 0 Å². The molecule has 2 amide bonds. The number of amides is 2. The van der Waals surface area contributed by atoms with Crippen molar-refractivity contribution < 1.29 is 33.0 Å². The summed E-state index contributed by atoms with van der Waals surface area (Å²) in [7, 11) is 1.24. The highest BCUT2D eigenvalue weighted by Crippen LogP contribution is 2.48. The summed E-state index contributed by atoms with van der Waals surface area (Å²) in [6.07, 6.45) is -0.696. The number of likely N-dealkylation sites (tertiary alicyclic amines) is 1. The Labute approximate surface area is 243 Å². The lowest BCUT2D eigenvalue weighted by Gasteiger charge is -2.47. The van der Waals surface area contributed by atoms with Gasteiger partial charge in [0, 0.05) is 36.6 Å². The molecule has 1 saturated carbocycles. The number of hydrogen-bond acceptors (Lipinski definition) is 7. The Kier molecular flexibility index (Phi) is 9.03. The first-order valence-electron chi connectivity index (χ1n) is 13.8. The second-order valence-electron chi connectivity index (χ2n) is 11.4. The summed E-state index contributed by atoms with van der Waals surface area (Å²) in [4.78, 5) is 43.2. The summed E-state index contributed by atoms with van der Waals surface area (Å²) < 4.78 is 33.1. The third-order valence-corrected chi connectivity index (χ3v) is 9.15. The zero-order valence-electron chi connectivity index (χ0n) is 23.5. The molecule has 1 aromatic carbocycles. The first-order chi connectivity index (χ1) is 19.3. The van der Waals surface area contributed by atoms with Gasteiger partial charge >= 0.3 is 5.97 Å². The van der Waals surface area contributed by atoms with Crippen LogP contribution in [0, 0.1) is 17.3 Å². The summed E-state index contributed by atoms with van der Waals surface area (Å²) >= 11 is 6.61. The van der Waals surface area contributed by atoms with E-state index in [4.69, 9.17) is 27.9 Å². The lowest BCUT2D eigenvalue weighted by molar-refractivity contribution is -0.165. The van der Waals surface area contributed by atoms with Gasteiger partial charge in [-0.3, -0.25) is 14.4 Å². The number of hydrazine groups is 1. The molecule has 2 fully saturated rings. The molecule has 1 aliphatic carbocycles. The van der Waals surface area contributed by atoms with E-state index in [9.17, 15) is 28.3 Å². The summed E-state index contributed by atoms with van der Waals surface area (Å²) in [5.74, 6) is 3.22. The van der Waals surface area contributed by atoms with Gasteiger partial charge in [-0.15, -0.1) is 0 Å². The van der Waals surface area contributed by atoms with Crippen molar-refractivity contribution in [3.05, 3.63) is 39.7 Å². The molecule has 41 heavy (non-hydrogen) atoms. The van der Waals surface area contributed by atoms with Crippen LogP contribution in [-0.4, -0.2) is 70.9 Å². The van der Waals surface area contributed by atoms with E-state index in [1.807, 2.05) is 6.92 Å². The van der Waals surface area contributed by atoms with Crippen LogP contribution in [0.4, 0.5) is 8.78 Å². The molecule has 13 heteroatoms. The number of ether oxygens (including phenoxy) is 1. The molecule has 0 radical (unpaired) electrons. The average Bonchev–Trinajstić information content (AvgIpc) is 3.24. The number of carbonyl (C=O) groups excluding carboxylic acids is 2. The molecule has 0 bridgehead atoms. The van der Waals surface area contributed by atoms with Gasteiger partial charge < -0.3 is 30.4 Å². The van der Waals surface area contributed by atoms with Crippen LogP contribution < -0.4 is 16.3 Å². The number of benzene rings is 1. The zero-order chi connectivity index (χ0) is 30.2. The smallest absolute Gasteiger partial charge is 0.310 e. The van der Waals surface area contributed by atoms with Gasteiger partial charge in [0.2, 0.25) is 11.8 Å². The fourth-order valence-corrected chi connectivity index (χ4v) is 6.63. The highest BCUT2D eigenvalue weighted by molar-refractivity contribution is 6.31. The molecule has 4 rings (SSSR count). The molecule has 3 unspecified atom stereocenters. The molecule has 2 heterocycles. The van der Waals surface area contributed by atoms with Gasteiger partial charge in [-0.2, -0.15) is 0 Å². The number of nitrogens with two attached hydrogens (primary N) is 2. The Balaban J connectivity index is 1.80. The molecule has 226 valence electrons. The minimum absolute atomic E-state index is 0.152. The molecule has 1 aromatic rings. The van der Waals surface area contributed by atoms with E-state index < -0.39 is 42.2 Å². The van der Waals surface area contributed by atoms with Crippen molar-refractivity contribution in [2.24, 2.45) is 28.8 Å². The van der Waals surface area contributed by atoms with Gasteiger partial charge in [-0.05, 0) is 50.3 Å². The minimum Gasteiger partial charge on any atom is -0.487 e. The molecule has 3 aliphatic rings. The van der Waals surface area contributed by atoms with Crippen molar-refractivity contribution in [1.82, 2.24) is 14.8 Å². The fourth-order valence-electron chi connectivity index (χ4n) is 6.37. The predicted molar refractivity (Wildman–Crippen MR) is 147 cm³/mol. The standard InChI is InChI=1S/C28H38ClF2N5O5/c1-15-9-12-35(25(15)37)24-21-16(10-13-36(24)26(38)17-6-4-5-11-28(17,2)27(39)40)18(29)7-8-20(21)41-14-19(32)22(23(30)31)34(3)33/h7-8,15,17,23-24H,4-6,9-14,32-33H2,1-3H3,(H,39,40)/b22-19-/t15?,17?,24?,28-/m0/s1. The van der Waals surface area contributed by atoms with Gasteiger partial charge in [0.25, 0.3) is 6.43 Å². The van der Waals surface area contributed by atoms with Gasteiger partial charge in [-0.1, -0.05) is 31.4 Å². The van der Waals surface area contributed by atoms with E-state index >= 15 is 0 Å². The zero-order valence-corrected chi connectivity index (χ0v) is 24.3. The number of alkyl halides is 2. The van der Waals surface area contributed by atoms with Gasteiger partial charge in [0.1, 0.15) is 24.2 Å². The van der Waals surface area contributed by atoms with E-state index in [1.54, 1.807) is 28.9 Å². The number of aliphatic carboxylic acids is 1. The van der Waals surface area contributed by atoms with Crippen molar-refractivity contribution in [1.29, 1.82) is 0 Å². The Morgan fingerprint density at radius 3 is 2.56 bits per heavy atom. The van der Waals surface area contributed by atoms with Crippen molar-refractivity contribution >= 4 is 29.4 Å². The number of nitrogens with zero attached hydrogens (tertiary/aromatic N) is 3. The normalized spacial score (nSPS) is 27.0. The lowest BCUT2D eigenvalue weighted by atomic mass is 9.66. The first-order valence-corrected chi connectivity index (χ1v) is 14.2. The average molecular weight is 598 g/mol. The van der Waals surface area contributed by atoms with E-state index in [0.29, 0.717) is 54.8 Å². The van der Waals surface area contributed by atoms with Crippen LogP contribution in [0.25, 0.3) is 0 Å². The van der Waals surface area contributed by atoms with Crippen LogP contribution in [0.15, 0.2) is 23.5 Å². The van der Waals surface area contributed by atoms with Gasteiger partial charge in [-0.25, -0.2) is 14.6 Å². The molecule has 10 nitrogen and oxygen atoms in total. The van der Waals surface area contributed by atoms with Crippen molar-refractivity contribution in [2.45, 2.75) is 65.0 Å². The summed E-state index contributed by atoms with van der Waals surface area (Å²) in [6, 6.07) is 3.18. The second-order valence-corrected chi connectivity index (χ2v) is 11.9. The number of carboxylic acid groups (broad SMARTS) is 1. The number of rotatable bonds is 8. The maximum absolute atomic E-state index is 14.3. The molecule has 0 spiro atoms. The van der Waals surface area contributed by atoms with Crippen LogP contribution in [0.2, 0.25) is 5.02 Å². The molecular formula is C28H38ClF2N5O5. The third kappa shape index (κ3) is 5.68.